The van der Waals surface area contributed by atoms with Crippen molar-refractivity contribution in [2.45, 2.75) is 12.5 Å². The predicted octanol–water partition coefficient (Wildman–Crippen LogP) is 5.87. The van der Waals surface area contributed by atoms with Crippen molar-refractivity contribution in [2.75, 3.05) is 7.11 Å². The largest absolute Gasteiger partial charge is 0.573 e. The summed E-state index contributed by atoms with van der Waals surface area (Å²) in [6.45, 7) is 0. The van der Waals surface area contributed by atoms with Gasteiger partial charge in [-0.1, -0.05) is 0 Å². The van der Waals surface area contributed by atoms with Crippen LogP contribution in [0.3, 0.4) is 0 Å². The highest BCUT2D eigenvalue weighted by atomic mass is 79.9. The van der Waals surface area contributed by atoms with Crippen LogP contribution >= 0.6 is 15.9 Å². The Morgan fingerprint density at radius 2 is 1.61 bits per heavy atom. The van der Waals surface area contributed by atoms with Gasteiger partial charge in [0.05, 0.1) is 12.7 Å². The van der Waals surface area contributed by atoms with E-state index >= 15 is 0 Å². The van der Waals surface area contributed by atoms with E-state index in [4.69, 9.17) is 9.47 Å². The van der Waals surface area contributed by atoms with E-state index in [1.54, 1.807) is 0 Å². The molecular formula is C16H9BrF6O5. The van der Waals surface area contributed by atoms with Crippen molar-refractivity contribution in [1.82, 2.24) is 0 Å². The summed E-state index contributed by atoms with van der Waals surface area (Å²) in [4.78, 5) is 11.4. The first-order chi connectivity index (χ1) is 12.8. The number of benzene rings is 2. The van der Waals surface area contributed by atoms with Crippen LogP contribution in [0.2, 0.25) is 0 Å². The van der Waals surface area contributed by atoms with E-state index in [1.165, 1.54) is 0 Å². The first-order valence-corrected chi connectivity index (χ1v) is 7.87. The number of alkyl halides is 6. The van der Waals surface area contributed by atoms with E-state index in [-0.39, 0.29) is 11.5 Å². The molecule has 0 spiro atoms. The molecule has 152 valence electrons. The number of hydrogen-bond acceptors (Lipinski definition) is 4. The van der Waals surface area contributed by atoms with E-state index in [2.05, 4.69) is 20.7 Å². The standard InChI is InChI=1S/C16H9BrF6O5/c1-26-11-6-7(28-16(21,22)23)2-4-9(11)27-10-5-3-8(15(18,19)20)13(17)12(10)14(24)25/h2-6H,1H3,(H,24,25). The lowest BCUT2D eigenvalue weighted by molar-refractivity contribution is -0.274. The SMILES string of the molecule is COc1cc(OC(F)(F)F)ccc1Oc1ccc(C(F)(F)F)c(Br)c1C(=O)O. The summed E-state index contributed by atoms with van der Waals surface area (Å²) < 4.78 is 88.9. The van der Waals surface area contributed by atoms with Crippen LogP contribution in [0.25, 0.3) is 0 Å². The molecule has 0 unspecified atom stereocenters. The minimum Gasteiger partial charge on any atom is -0.493 e. The lowest BCUT2D eigenvalue weighted by Gasteiger charge is -2.17. The van der Waals surface area contributed by atoms with Crippen LogP contribution in [0.15, 0.2) is 34.8 Å². The zero-order chi connectivity index (χ0) is 21.3. The molecule has 0 aromatic heterocycles. The molecule has 0 saturated heterocycles. The van der Waals surface area contributed by atoms with Gasteiger partial charge in [-0.15, -0.1) is 13.2 Å². The second kappa shape index (κ2) is 7.78. The summed E-state index contributed by atoms with van der Waals surface area (Å²) in [5.41, 5.74) is -2.06. The summed E-state index contributed by atoms with van der Waals surface area (Å²) in [5.74, 6) is -3.36. The van der Waals surface area contributed by atoms with E-state index in [1.807, 2.05) is 0 Å². The molecule has 0 aliphatic rings. The monoisotopic (exact) mass is 474 g/mol. The normalized spacial score (nSPS) is 11.9. The molecule has 0 radical (unpaired) electrons. The Morgan fingerprint density at radius 1 is 1.00 bits per heavy atom. The molecule has 0 atom stereocenters. The molecule has 0 aliphatic carbocycles. The topological polar surface area (TPSA) is 65.0 Å². The fourth-order valence-electron chi connectivity index (χ4n) is 2.11. The molecule has 12 heteroatoms. The average molecular weight is 475 g/mol. The van der Waals surface area contributed by atoms with Gasteiger partial charge in [-0.25, -0.2) is 4.79 Å². The smallest absolute Gasteiger partial charge is 0.493 e. The van der Waals surface area contributed by atoms with Crippen LogP contribution in [0.4, 0.5) is 26.3 Å². The van der Waals surface area contributed by atoms with E-state index in [9.17, 15) is 36.2 Å². The van der Waals surface area contributed by atoms with Crippen LogP contribution in [-0.2, 0) is 6.18 Å². The zero-order valence-corrected chi connectivity index (χ0v) is 15.2. The molecule has 0 bridgehead atoms. The summed E-state index contributed by atoms with van der Waals surface area (Å²) in [6.07, 6.45) is -9.78. The highest BCUT2D eigenvalue weighted by Crippen LogP contribution is 2.43. The number of halogens is 7. The van der Waals surface area contributed by atoms with Gasteiger partial charge in [0.25, 0.3) is 0 Å². The van der Waals surface area contributed by atoms with Crippen molar-refractivity contribution < 1.29 is 50.5 Å². The summed E-state index contributed by atoms with van der Waals surface area (Å²) >= 11 is 2.60. The van der Waals surface area contributed by atoms with Gasteiger partial charge in [-0.2, -0.15) is 13.2 Å². The van der Waals surface area contributed by atoms with Crippen LogP contribution in [0.5, 0.6) is 23.0 Å². The maximum Gasteiger partial charge on any atom is 0.573 e. The Labute approximate surface area is 161 Å². The molecule has 0 heterocycles. The van der Waals surface area contributed by atoms with Crippen molar-refractivity contribution in [3.63, 3.8) is 0 Å². The minimum absolute atomic E-state index is 0.244. The van der Waals surface area contributed by atoms with Crippen LogP contribution in [0, 0.1) is 0 Å². The lowest BCUT2D eigenvalue weighted by atomic mass is 10.1. The fraction of sp³-hybridized carbons (Fsp3) is 0.188. The molecule has 1 N–H and O–H groups in total. The molecule has 5 nitrogen and oxygen atoms in total. The summed E-state index contributed by atoms with van der Waals surface area (Å²) in [5, 5.41) is 9.26. The molecule has 0 saturated carbocycles. The summed E-state index contributed by atoms with van der Waals surface area (Å²) in [6, 6.07) is 4.04. The van der Waals surface area contributed by atoms with Crippen LogP contribution < -0.4 is 14.2 Å². The molecular weight excluding hydrogens is 466 g/mol. The quantitative estimate of drug-likeness (QED) is 0.549. The number of hydrogen-bond donors (Lipinski definition) is 1. The van der Waals surface area contributed by atoms with E-state index in [0.717, 1.165) is 31.4 Å². The van der Waals surface area contributed by atoms with Crippen molar-refractivity contribution in [1.29, 1.82) is 0 Å². The Kier molecular flexibility index (Phi) is 6.02. The first kappa shape index (κ1) is 21.7. The number of ether oxygens (including phenoxy) is 3. The fourth-order valence-corrected chi connectivity index (χ4v) is 2.83. The van der Waals surface area contributed by atoms with E-state index in [0.29, 0.717) is 6.07 Å². The Bertz CT molecular complexity index is 894. The van der Waals surface area contributed by atoms with Gasteiger partial charge in [0.1, 0.15) is 17.1 Å². The van der Waals surface area contributed by atoms with E-state index < -0.39 is 45.6 Å². The molecule has 2 rings (SSSR count). The molecule has 2 aromatic rings. The second-order valence-corrected chi connectivity index (χ2v) is 5.86. The van der Waals surface area contributed by atoms with Crippen LogP contribution in [0.1, 0.15) is 15.9 Å². The van der Waals surface area contributed by atoms with Crippen molar-refractivity contribution in [3.8, 4) is 23.0 Å². The highest BCUT2D eigenvalue weighted by Gasteiger charge is 2.36. The Balaban J connectivity index is 2.48. The van der Waals surface area contributed by atoms with Crippen molar-refractivity contribution in [2.24, 2.45) is 0 Å². The third-order valence-electron chi connectivity index (χ3n) is 3.21. The third kappa shape index (κ3) is 5.00. The number of rotatable bonds is 5. The number of carboxylic acid groups (broad SMARTS) is 1. The first-order valence-electron chi connectivity index (χ1n) is 7.08. The number of carboxylic acids is 1. The molecule has 0 amide bonds. The molecule has 28 heavy (non-hydrogen) atoms. The van der Waals surface area contributed by atoms with Gasteiger partial charge in [-0.3, -0.25) is 0 Å². The Morgan fingerprint density at radius 3 is 2.11 bits per heavy atom. The second-order valence-electron chi connectivity index (χ2n) is 5.07. The highest BCUT2D eigenvalue weighted by molar-refractivity contribution is 9.10. The van der Waals surface area contributed by atoms with Gasteiger partial charge < -0.3 is 19.3 Å². The number of aromatic carboxylic acids is 1. The number of methoxy groups -OCH3 is 1. The zero-order valence-electron chi connectivity index (χ0n) is 13.6. The average Bonchev–Trinajstić information content (AvgIpc) is 2.53. The third-order valence-corrected chi connectivity index (χ3v) is 4.04. The van der Waals surface area contributed by atoms with Gasteiger partial charge >= 0.3 is 18.5 Å². The lowest BCUT2D eigenvalue weighted by Crippen LogP contribution is -2.17. The number of carbonyl (C=O) groups is 1. The van der Waals surface area contributed by atoms with Gasteiger partial charge in [0, 0.05) is 10.5 Å². The van der Waals surface area contributed by atoms with Gasteiger partial charge in [0.15, 0.2) is 11.5 Å². The maximum absolute atomic E-state index is 13.0. The summed E-state index contributed by atoms with van der Waals surface area (Å²) in [7, 11) is 1.10. The molecule has 0 aliphatic heterocycles. The maximum atomic E-state index is 13.0. The molecule has 0 fully saturated rings. The minimum atomic E-state index is -4.96. The predicted molar refractivity (Wildman–Crippen MR) is 85.9 cm³/mol. The van der Waals surface area contributed by atoms with Crippen molar-refractivity contribution in [3.05, 3.63) is 45.9 Å². The van der Waals surface area contributed by atoms with Gasteiger partial charge in [0.2, 0.25) is 0 Å². The Hall–Kier alpha value is -2.63. The molecule has 2 aromatic carbocycles. The van der Waals surface area contributed by atoms with Gasteiger partial charge in [-0.05, 0) is 40.2 Å². The van der Waals surface area contributed by atoms with Crippen molar-refractivity contribution >= 4 is 21.9 Å². The van der Waals surface area contributed by atoms with Crippen LogP contribution in [-0.4, -0.2) is 24.5 Å².